The monoisotopic (exact) mass is 256 g/mol. The van der Waals surface area contributed by atoms with Crippen LogP contribution in [-0.4, -0.2) is 0 Å². The van der Waals surface area contributed by atoms with Crippen LogP contribution in [-0.2, 0) is 0 Å². The minimum absolute atomic E-state index is 0.0696. The number of rotatable bonds is 3. The van der Waals surface area contributed by atoms with Crippen molar-refractivity contribution in [3.05, 3.63) is 59.4 Å². The summed E-state index contributed by atoms with van der Waals surface area (Å²) in [5, 5.41) is 9.00. The molecule has 0 aliphatic heterocycles. The van der Waals surface area contributed by atoms with E-state index in [1.165, 1.54) is 6.07 Å². The van der Waals surface area contributed by atoms with Crippen molar-refractivity contribution in [2.24, 2.45) is 5.73 Å². The topological polar surface area (TPSA) is 59.0 Å². The molecule has 4 heteroatoms. The van der Waals surface area contributed by atoms with Gasteiger partial charge in [-0.15, -0.1) is 0 Å². The summed E-state index contributed by atoms with van der Waals surface area (Å²) in [6, 6.07) is 12.9. The third-order valence-electron chi connectivity index (χ3n) is 2.71. The summed E-state index contributed by atoms with van der Waals surface area (Å²) in [6.07, 6.45) is 0. The Morgan fingerprint density at radius 2 is 1.95 bits per heavy atom. The van der Waals surface area contributed by atoms with E-state index in [0.717, 1.165) is 0 Å². The Labute approximate surface area is 111 Å². The zero-order chi connectivity index (χ0) is 13.8. The Morgan fingerprint density at radius 1 is 1.21 bits per heavy atom. The van der Waals surface area contributed by atoms with Crippen LogP contribution in [0.4, 0.5) is 4.39 Å². The average molecular weight is 256 g/mol. The second-order valence-electron chi connectivity index (χ2n) is 4.16. The van der Waals surface area contributed by atoms with Crippen LogP contribution in [0.2, 0.25) is 0 Å². The van der Waals surface area contributed by atoms with E-state index in [2.05, 4.69) is 0 Å². The SMILES string of the molecule is CC(N)c1cccc(F)c1Oc1ccccc1C#N. The second kappa shape index (κ2) is 5.51. The van der Waals surface area contributed by atoms with Crippen LogP contribution in [0.5, 0.6) is 11.5 Å². The van der Waals surface area contributed by atoms with Crippen LogP contribution in [0.1, 0.15) is 24.1 Å². The highest BCUT2D eigenvalue weighted by molar-refractivity contribution is 5.47. The average Bonchev–Trinajstić information content (AvgIpc) is 2.41. The van der Waals surface area contributed by atoms with E-state index >= 15 is 0 Å². The van der Waals surface area contributed by atoms with Gasteiger partial charge in [-0.1, -0.05) is 24.3 Å². The molecule has 0 bridgehead atoms. The van der Waals surface area contributed by atoms with Crippen LogP contribution < -0.4 is 10.5 Å². The van der Waals surface area contributed by atoms with Gasteiger partial charge >= 0.3 is 0 Å². The van der Waals surface area contributed by atoms with E-state index in [1.54, 1.807) is 43.3 Å². The molecule has 2 N–H and O–H groups in total. The lowest BCUT2D eigenvalue weighted by molar-refractivity contribution is 0.431. The largest absolute Gasteiger partial charge is 0.453 e. The van der Waals surface area contributed by atoms with Crippen molar-refractivity contribution in [3.8, 4) is 17.6 Å². The second-order valence-corrected chi connectivity index (χ2v) is 4.16. The van der Waals surface area contributed by atoms with Crippen LogP contribution in [0, 0.1) is 17.1 Å². The van der Waals surface area contributed by atoms with Crippen LogP contribution >= 0.6 is 0 Å². The van der Waals surface area contributed by atoms with Gasteiger partial charge in [0.1, 0.15) is 11.8 Å². The molecule has 3 nitrogen and oxygen atoms in total. The van der Waals surface area contributed by atoms with Crippen LogP contribution in [0.15, 0.2) is 42.5 Å². The quantitative estimate of drug-likeness (QED) is 0.914. The van der Waals surface area contributed by atoms with Crippen LogP contribution in [0.3, 0.4) is 0 Å². The van der Waals surface area contributed by atoms with Gasteiger partial charge in [-0.3, -0.25) is 0 Å². The van der Waals surface area contributed by atoms with Crippen molar-refractivity contribution >= 4 is 0 Å². The molecule has 0 aromatic heterocycles. The Morgan fingerprint density at radius 3 is 2.63 bits per heavy atom. The van der Waals surface area contributed by atoms with E-state index in [4.69, 9.17) is 15.7 Å². The molecule has 1 unspecified atom stereocenters. The first kappa shape index (κ1) is 13.1. The predicted molar refractivity (Wildman–Crippen MR) is 70.2 cm³/mol. The van der Waals surface area contributed by atoms with Crippen molar-refractivity contribution in [1.82, 2.24) is 0 Å². The number of ether oxygens (including phenoxy) is 1. The fraction of sp³-hybridized carbons (Fsp3) is 0.133. The lowest BCUT2D eigenvalue weighted by Gasteiger charge is -2.15. The highest BCUT2D eigenvalue weighted by Crippen LogP contribution is 2.32. The van der Waals surface area contributed by atoms with E-state index in [9.17, 15) is 4.39 Å². The highest BCUT2D eigenvalue weighted by Gasteiger charge is 2.15. The molecular formula is C15H13FN2O. The van der Waals surface area contributed by atoms with E-state index < -0.39 is 5.82 Å². The van der Waals surface area contributed by atoms with Crippen LogP contribution in [0.25, 0.3) is 0 Å². The molecule has 0 aliphatic carbocycles. The van der Waals surface area contributed by atoms with Crippen molar-refractivity contribution in [1.29, 1.82) is 5.26 Å². The number of nitrogens with two attached hydrogens (primary N) is 1. The molecule has 19 heavy (non-hydrogen) atoms. The Kier molecular flexibility index (Phi) is 3.79. The molecule has 0 aliphatic rings. The Balaban J connectivity index is 2.47. The Bertz CT molecular complexity index is 632. The minimum Gasteiger partial charge on any atom is -0.453 e. The summed E-state index contributed by atoms with van der Waals surface area (Å²) in [6.45, 7) is 1.75. The molecular weight excluding hydrogens is 243 g/mol. The third kappa shape index (κ3) is 2.72. The summed E-state index contributed by atoms with van der Waals surface area (Å²) in [7, 11) is 0. The number of benzene rings is 2. The van der Waals surface area contributed by atoms with Gasteiger partial charge in [0, 0.05) is 11.6 Å². The van der Waals surface area contributed by atoms with Gasteiger partial charge in [-0.2, -0.15) is 5.26 Å². The molecule has 0 amide bonds. The zero-order valence-electron chi connectivity index (χ0n) is 10.4. The lowest BCUT2D eigenvalue weighted by Crippen LogP contribution is -2.08. The van der Waals surface area contributed by atoms with E-state index in [0.29, 0.717) is 16.9 Å². The fourth-order valence-electron chi connectivity index (χ4n) is 1.75. The molecule has 0 heterocycles. The first-order valence-corrected chi connectivity index (χ1v) is 5.84. The van der Waals surface area contributed by atoms with E-state index in [1.807, 2.05) is 6.07 Å². The van der Waals surface area contributed by atoms with E-state index in [-0.39, 0.29) is 11.8 Å². The first-order valence-electron chi connectivity index (χ1n) is 5.84. The summed E-state index contributed by atoms with van der Waals surface area (Å²) in [4.78, 5) is 0. The molecule has 96 valence electrons. The molecule has 1 atom stereocenters. The van der Waals surface area contributed by atoms with Gasteiger partial charge in [0.05, 0.1) is 5.56 Å². The number of hydrogen-bond acceptors (Lipinski definition) is 3. The summed E-state index contributed by atoms with van der Waals surface area (Å²) < 4.78 is 19.4. The maximum Gasteiger partial charge on any atom is 0.167 e. The molecule has 0 saturated carbocycles. The number of nitrogens with zero attached hydrogens (tertiary/aromatic N) is 1. The van der Waals surface area contributed by atoms with Gasteiger partial charge in [-0.05, 0) is 25.1 Å². The van der Waals surface area contributed by atoms with Gasteiger partial charge < -0.3 is 10.5 Å². The highest BCUT2D eigenvalue weighted by atomic mass is 19.1. The molecule has 0 fully saturated rings. The van der Waals surface area contributed by atoms with Gasteiger partial charge in [0.2, 0.25) is 0 Å². The van der Waals surface area contributed by atoms with Crippen molar-refractivity contribution in [2.75, 3.05) is 0 Å². The molecule has 2 rings (SSSR count). The number of nitriles is 1. The van der Waals surface area contributed by atoms with Crippen molar-refractivity contribution in [3.63, 3.8) is 0 Å². The van der Waals surface area contributed by atoms with Gasteiger partial charge in [0.25, 0.3) is 0 Å². The molecule has 0 saturated heterocycles. The number of para-hydroxylation sites is 2. The standard InChI is InChI=1S/C15H13FN2O/c1-10(18)12-6-4-7-13(16)15(12)19-14-8-3-2-5-11(14)9-17/h2-8,10H,18H2,1H3. The van der Waals surface area contributed by atoms with Gasteiger partial charge in [-0.25, -0.2) is 4.39 Å². The molecule has 2 aromatic rings. The normalized spacial score (nSPS) is 11.7. The molecule has 0 spiro atoms. The molecule has 2 aromatic carbocycles. The maximum atomic E-state index is 13.9. The first-order chi connectivity index (χ1) is 9.13. The maximum absolute atomic E-state index is 13.9. The third-order valence-corrected chi connectivity index (χ3v) is 2.71. The zero-order valence-corrected chi connectivity index (χ0v) is 10.4. The number of hydrogen-bond donors (Lipinski definition) is 1. The molecule has 0 radical (unpaired) electrons. The fourth-order valence-corrected chi connectivity index (χ4v) is 1.75. The summed E-state index contributed by atoms with van der Waals surface area (Å²) in [5.41, 5.74) is 6.71. The summed E-state index contributed by atoms with van der Waals surface area (Å²) in [5.74, 6) is -0.111. The number of halogens is 1. The summed E-state index contributed by atoms with van der Waals surface area (Å²) >= 11 is 0. The van der Waals surface area contributed by atoms with Crippen molar-refractivity contribution in [2.45, 2.75) is 13.0 Å². The lowest BCUT2D eigenvalue weighted by atomic mass is 10.1. The Hall–Kier alpha value is -2.38. The minimum atomic E-state index is -0.498. The predicted octanol–water partition coefficient (Wildman–Crippen LogP) is 3.51. The smallest absolute Gasteiger partial charge is 0.167 e. The van der Waals surface area contributed by atoms with Gasteiger partial charge in [0.15, 0.2) is 11.6 Å². The van der Waals surface area contributed by atoms with Crippen molar-refractivity contribution < 1.29 is 9.13 Å².